The van der Waals surface area contributed by atoms with Crippen LogP contribution in [0.1, 0.15) is 26.2 Å². The van der Waals surface area contributed by atoms with Crippen LogP contribution in [0.3, 0.4) is 0 Å². The average Bonchev–Trinajstić information content (AvgIpc) is 2.87. The predicted octanol–water partition coefficient (Wildman–Crippen LogP) is 1.90. The van der Waals surface area contributed by atoms with Crippen molar-refractivity contribution in [1.29, 1.82) is 0 Å². The van der Waals surface area contributed by atoms with E-state index in [-0.39, 0.29) is 16.7 Å². The SMILES string of the molecule is CCCn1ncc(NCC2CCCO2)c(Cl)c1=O. The molecule has 1 fully saturated rings. The first-order valence-corrected chi connectivity index (χ1v) is 6.71. The van der Waals surface area contributed by atoms with E-state index in [4.69, 9.17) is 16.3 Å². The van der Waals surface area contributed by atoms with Crippen LogP contribution in [-0.2, 0) is 11.3 Å². The number of nitrogens with zero attached hydrogens (tertiary/aromatic N) is 2. The summed E-state index contributed by atoms with van der Waals surface area (Å²) in [7, 11) is 0. The topological polar surface area (TPSA) is 56.1 Å². The zero-order valence-corrected chi connectivity index (χ0v) is 11.2. The summed E-state index contributed by atoms with van der Waals surface area (Å²) in [4.78, 5) is 11.9. The van der Waals surface area contributed by atoms with Crippen molar-refractivity contribution in [3.8, 4) is 0 Å². The summed E-state index contributed by atoms with van der Waals surface area (Å²) in [6.07, 6.45) is 4.81. The molecule has 1 aromatic rings. The van der Waals surface area contributed by atoms with Gasteiger partial charge in [0, 0.05) is 19.7 Å². The third kappa shape index (κ3) is 3.03. The number of nitrogens with one attached hydrogen (secondary N) is 1. The number of aryl methyl sites for hydroxylation is 1. The maximum Gasteiger partial charge on any atom is 0.287 e. The summed E-state index contributed by atoms with van der Waals surface area (Å²) in [5.74, 6) is 0. The van der Waals surface area contributed by atoms with Crippen molar-refractivity contribution in [3.05, 3.63) is 21.6 Å². The van der Waals surface area contributed by atoms with E-state index in [1.165, 1.54) is 4.68 Å². The minimum atomic E-state index is -0.240. The van der Waals surface area contributed by atoms with Crippen LogP contribution in [-0.4, -0.2) is 29.0 Å². The molecule has 100 valence electrons. The van der Waals surface area contributed by atoms with Gasteiger partial charge in [-0.25, -0.2) is 4.68 Å². The molecule has 1 saturated heterocycles. The molecule has 2 heterocycles. The summed E-state index contributed by atoms with van der Waals surface area (Å²) >= 11 is 6.04. The van der Waals surface area contributed by atoms with Crippen LogP contribution < -0.4 is 10.9 Å². The molecule has 0 bridgehead atoms. The summed E-state index contributed by atoms with van der Waals surface area (Å²) < 4.78 is 6.89. The molecule has 0 spiro atoms. The van der Waals surface area contributed by atoms with E-state index in [1.807, 2.05) is 6.92 Å². The number of hydrogen-bond donors (Lipinski definition) is 1. The summed E-state index contributed by atoms with van der Waals surface area (Å²) in [5, 5.41) is 7.43. The zero-order chi connectivity index (χ0) is 13.0. The van der Waals surface area contributed by atoms with E-state index < -0.39 is 0 Å². The Morgan fingerprint density at radius 3 is 3.17 bits per heavy atom. The van der Waals surface area contributed by atoms with E-state index in [9.17, 15) is 4.79 Å². The Morgan fingerprint density at radius 2 is 2.50 bits per heavy atom. The lowest BCUT2D eigenvalue weighted by molar-refractivity contribution is 0.120. The van der Waals surface area contributed by atoms with Gasteiger partial charge in [-0.2, -0.15) is 5.10 Å². The summed E-state index contributed by atoms with van der Waals surface area (Å²) in [6.45, 7) is 4.06. The van der Waals surface area contributed by atoms with Crippen molar-refractivity contribution in [1.82, 2.24) is 9.78 Å². The monoisotopic (exact) mass is 271 g/mol. The number of aromatic nitrogens is 2. The number of halogens is 1. The summed E-state index contributed by atoms with van der Waals surface area (Å²) in [5.41, 5.74) is 0.348. The van der Waals surface area contributed by atoms with Gasteiger partial charge in [-0.1, -0.05) is 18.5 Å². The number of hydrogen-bond acceptors (Lipinski definition) is 4. The Bertz CT molecular complexity index is 455. The van der Waals surface area contributed by atoms with Crippen LogP contribution in [0.15, 0.2) is 11.0 Å². The maximum absolute atomic E-state index is 11.9. The lowest BCUT2D eigenvalue weighted by Gasteiger charge is -2.13. The third-order valence-electron chi connectivity index (χ3n) is 2.96. The molecule has 1 atom stereocenters. The molecule has 0 radical (unpaired) electrons. The zero-order valence-electron chi connectivity index (χ0n) is 10.5. The fraction of sp³-hybridized carbons (Fsp3) is 0.667. The quantitative estimate of drug-likeness (QED) is 0.889. The van der Waals surface area contributed by atoms with Crippen LogP contribution in [0.5, 0.6) is 0 Å². The van der Waals surface area contributed by atoms with Crippen LogP contribution in [0.2, 0.25) is 5.02 Å². The molecule has 6 heteroatoms. The molecule has 1 unspecified atom stereocenters. The largest absolute Gasteiger partial charge is 0.380 e. The Balaban J connectivity index is 2.04. The lowest BCUT2D eigenvalue weighted by Crippen LogP contribution is -2.25. The van der Waals surface area contributed by atoms with Gasteiger partial charge in [-0.3, -0.25) is 4.79 Å². The molecule has 1 N–H and O–H groups in total. The van der Waals surface area contributed by atoms with Gasteiger partial charge >= 0.3 is 0 Å². The highest BCUT2D eigenvalue weighted by molar-refractivity contribution is 6.32. The maximum atomic E-state index is 11.9. The molecule has 2 rings (SSSR count). The second-order valence-electron chi connectivity index (χ2n) is 4.42. The Morgan fingerprint density at radius 1 is 1.67 bits per heavy atom. The number of rotatable bonds is 5. The molecule has 5 nitrogen and oxygen atoms in total. The highest BCUT2D eigenvalue weighted by atomic mass is 35.5. The van der Waals surface area contributed by atoms with Crippen LogP contribution in [0.4, 0.5) is 5.69 Å². The van der Waals surface area contributed by atoms with Gasteiger partial charge in [0.2, 0.25) is 0 Å². The Labute approximate surface area is 111 Å². The smallest absolute Gasteiger partial charge is 0.287 e. The first kappa shape index (κ1) is 13.4. The Hall–Kier alpha value is -1.07. The van der Waals surface area contributed by atoms with Gasteiger partial charge in [0.15, 0.2) is 0 Å². The molecule has 0 aromatic carbocycles. The van der Waals surface area contributed by atoms with Gasteiger partial charge in [-0.05, 0) is 19.3 Å². The minimum Gasteiger partial charge on any atom is -0.380 e. The normalized spacial score (nSPS) is 19.1. The standard InChI is InChI=1S/C12H18ClN3O2/c1-2-5-16-12(17)11(13)10(8-15-16)14-7-9-4-3-6-18-9/h8-9,14H,2-7H2,1H3. The lowest BCUT2D eigenvalue weighted by atomic mass is 10.2. The number of ether oxygens (including phenoxy) is 1. The van der Waals surface area contributed by atoms with E-state index in [0.29, 0.717) is 18.8 Å². The molecule has 1 aliphatic heterocycles. The molecule has 0 amide bonds. The van der Waals surface area contributed by atoms with E-state index in [1.54, 1.807) is 6.20 Å². The third-order valence-corrected chi connectivity index (χ3v) is 3.33. The molecule has 0 aliphatic carbocycles. The molecule has 0 saturated carbocycles. The molecular weight excluding hydrogens is 254 g/mol. The van der Waals surface area contributed by atoms with Gasteiger partial charge < -0.3 is 10.1 Å². The fourth-order valence-electron chi connectivity index (χ4n) is 1.99. The van der Waals surface area contributed by atoms with E-state index in [0.717, 1.165) is 25.9 Å². The van der Waals surface area contributed by atoms with Crippen molar-refractivity contribution >= 4 is 17.3 Å². The predicted molar refractivity (Wildman–Crippen MR) is 71.3 cm³/mol. The first-order valence-electron chi connectivity index (χ1n) is 6.33. The highest BCUT2D eigenvalue weighted by Crippen LogP contribution is 2.17. The van der Waals surface area contributed by atoms with Crippen molar-refractivity contribution in [3.63, 3.8) is 0 Å². The second-order valence-corrected chi connectivity index (χ2v) is 4.79. The van der Waals surface area contributed by atoms with Crippen molar-refractivity contribution in [2.45, 2.75) is 38.8 Å². The van der Waals surface area contributed by atoms with Crippen molar-refractivity contribution < 1.29 is 4.74 Å². The number of anilines is 1. The van der Waals surface area contributed by atoms with Crippen molar-refractivity contribution in [2.24, 2.45) is 0 Å². The molecule has 18 heavy (non-hydrogen) atoms. The van der Waals surface area contributed by atoms with Gasteiger partial charge in [0.25, 0.3) is 5.56 Å². The van der Waals surface area contributed by atoms with Gasteiger partial charge in [-0.15, -0.1) is 0 Å². The van der Waals surface area contributed by atoms with Crippen LogP contribution >= 0.6 is 11.6 Å². The van der Waals surface area contributed by atoms with Gasteiger partial charge in [0.05, 0.1) is 18.0 Å². The van der Waals surface area contributed by atoms with Crippen LogP contribution in [0.25, 0.3) is 0 Å². The fourth-order valence-corrected chi connectivity index (χ4v) is 2.20. The highest BCUT2D eigenvalue weighted by Gasteiger charge is 2.16. The first-order chi connectivity index (χ1) is 8.72. The minimum absolute atomic E-state index is 0.205. The van der Waals surface area contributed by atoms with Crippen LogP contribution in [0, 0.1) is 0 Å². The van der Waals surface area contributed by atoms with E-state index >= 15 is 0 Å². The molecule has 1 aromatic heterocycles. The average molecular weight is 272 g/mol. The molecule has 1 aliphatic rings. The van der Waals surface area contributed by atoms with Crippen molar-refractivity contribution in [2.75, 3.05) is 18.5 Å². The molecular formula is C12H18ClN3O2. The Kier molecular flexibility index (Phi) is 4.60. The summed E-state index contributed by atoms with van der Waals surface area (Å²) in [6, 6.07) is 0. The van der Waals surface area contributed by atoms with E-state index in [2.05, 4.69) is 10.4 Å². The van der Waals surface area contributed by atoms with Gasteiger partial charge in [0.1, 0.15) is 5.02 Å². The second kappa shape index (κ2) is 6.20.